The second-order valence-corrected chi connectivity index (χ2v) is 17.5. The molecule has 0 fully saturated rings. The molecule has 3 aromatic heterocycles. The van der Waals surface area contributed by atoms with Crippen molar-refractivity contribution in [2.24, 2.45) is 0 Å². The van der Waals surface area contributed by atoms with Gasteiger partial charge >= 0.3 is 0 Å². The normalized spacial score (nSPS) is 11.0. The van der Waals surface area contributed by atoms with Gasteiger partial charge in [-0.1, -0.05) is 133 Å². The first-order chi connectivity index (χ1) is 35.5. The summed E-state index contributed by atoms with van der Waals surface area (Å²) in [6.07, 6.45) is 3.72. The summed E-state index contributed by atoms with van der Waals surface area (Å²) in [6, 6.07) is 74.9. The van der Waals surface area contributed by atoms with Crippen molar-refractivity contribution in [3.8, 4) is 97.4 Å². The summed E-state index contributed by atoms with van der Waals surface area (Å²) in [7, 11) is 0. The van der Waals surface area contributed by atoms with Crippen LogP contribution in [0, 0.1) is 56.7 Å². The van der Waals surface area contributed by atoms with Crippen molar-refractivity contribution in [1.29, 1.82) is 26.3 Å². The van der Waals surface area contributed by atoms with Crippen LogP contribution in [0.1, 0.15) is 27.8 Å². The first-order valence-electron chi connectivity index (χ1n) is 23.1. The zero-order chi connectivity index (χ0) is 48.9. The van der Waals surface area contributed by atoms with Gasteiger partial charge in [-0.3, -0.25) is 4.98 Å². The van der Waals surface area contributed by atoms with E-state index in [1.54, 1.807) is 6.07 Å². The predicted octanol–water partition coefficient (Wildman–Crippen LogP) is 15.0. The van der Waals surface area contributed by atoms with Gasteiger partial charge in [0.1, 0.15) is 0 Å². The Labute approximate surface area is 413 Å². The van der Waals surface area contributed by atoms with Crippen molar-refractivity contribution in [2.45, 2.75) is 0 Å². The van der Waals surface area contributed by atoms with Gasteiger partial charge in [0.2, 0.25) is 0 Å². The minimum absolute atomic E-state index is 0.474. The van der Waals surface area contributed by atoms with Crippen LogP contribution in [0.4, 0.5) is 0 Å². The van der Waals surface area contributed by atoms with E-state index in [0.717, 1.165) is 99.2 Å². The number of pyridine rings is 1. The highest BCUT2D eigenvalue weighted by atomic mass is 15.0. The van der Waals surface area contributed by atoms with Crippen LogP contribution in [0.25, 0.3) is 111 Å². The Hall–Kier alpha value is -10.8. The molecule has 12 aromatic rings. The van der Waals surface area contributed by atoms with Gasteiger partial charge in [0.05, 0.1) is 104 Å². The molecule has 0 bridgehead atoms. The maximum Gasteiger partial charge on any atom is 0.0998 e. The van der Waals surface area contributed by atoms with Gasteiger partial charge in [-0.15, -0.1) is 0 Å². The lowest BCUT2D eigenvalue weighted by molar-refractivity contribution is 1.09. The molecule has 0 aliphatic carbocycles. The molecule has 12 rings (SSSR count). The third-order valence-electron chi connectivity index (χ3n) is 13.6. The maximum atomic E-state index is 10.4. The monoisotopic (exact) mass is 914 g/mol. The maximum absolute atomic E-state index is 10.4. The van der Waals surface area contributed by atoms with Crippen molar-refractivity contribution in [3.63, 3.8) is 0 Å². The van der Waals surface area contributed by atoms with Crippen LogP contribution in [-0.2, 0) is 0 Å². The smallest absolute Gasteiger partial charge is 0.0998 e. The molecule has 0 saturated heterocycles. The average Bonchev–Trinajstić information content (AvgIpc) is 3.95. The molecule has 0 saturated carbocycles. The Balaban J connectivity index is 1.24. The molecule has 0 unspecified atom stereocenters. The van der Waals surface area contributed by atoms with E-state index in [2.05, 4.69) is 112 Å². The molecule has 0 aliphatic rings. The highest BCUT2D eigenvalue weighted by Gasteiger charge is 2.25. The molecule has 330 valence electrons. The predicted molar refractivity (Wildman–Crippen MR) is 284 cm³/mol. The van der Waals surface area contributed by atoms with Gasteiger partial charge in [0, 0.05) is 27.1 Å². The minimum atomic E-state index is 0.474. The molecule has 3 heterocycles. The number of hydrogen-bond donors (Lipinski definition) is 0. The molecule has 0 radical (unpaired) electrons. The molecule has 8 heteroatoms. The summed E-state index contributed by atoms with van der Waals surface area (Å²) in [5.41, 5.74) is 15.6. The summed E-state index contributed by atoms with van der Waals surface area (Å²) >= 11 is 0. The number of nitrogens with zero attached hydrogens (tertiary/aromatic N) is 8. The van der Waals surface area contributed by atoms with Crippen LogP contribution in [0.15, 0.2) is 207 Å². The zero-order valence-electron chi connectivity index (χ0n) is 38.2. The van der Waals surface area contributed by atoms with Crippen molar-refractivity contribution in [1.82, 2.24) is 14.1 Å². The van der Waals surface area contributed by atoms with E-state index >= 15 is 0 Å². The quantitative estimate of drug-likeness (QED) is 0.156. The largest absolute Gasteiger partial charge is 0.307 e. The number of rotatable bonds is 7. The summed E-state index contributed by atoms with van der Waals surface area (Å²) in [4.78, 5) is 5.11. The lowest BCUT2D eigenvalue weighted by atomic mass is 9.98. The van der Waals surface area contributed by atoms with E-state index in [1.807, 2.05) is 128 Å². The van der Waals surface area contributed by atoms with E-state index in [-0.39, 0.29) is 0 Å². The van der Waals surface area contributed by atoms with E-state index in [4.69, 9.17) is 4.98 Å². The molecule has 9 aromatic carbocycles. The summed E-state index contributed by atoms with van der Waals surface area (Å²) in [5, 5.41) is 55.4. The lowest BCUT2D eigenvalue weighted by Gasteiger charge is -2.20. The van der Waals surface area contributed by atoms with Gasteiger partial charge in [-0.25, -0.2) is 0 Å². The van der Waals surface area contributed by atoms with Crippen molar-refractivity contribution in [3.05, 3.63) is 234 Å². The van der Waals surface area contributed by atoms with Crippen LogP contribution in [0.3, 0.4) is 0 Å². The zero-order valence-corrected chi connectivity index (χ0v) is 38.2. The fourth-order valence-corrected chi connectivity index (χ4v) is 10.4. The Morgan fingerprint density at radius 3 is 0.958 bits per heavy atom. The molecule has 0 amide bonds. The van der Waals surface area contributed by atoms with E-state index in [1.165, 1.54) is 0 Å². The molecule has 0 N–H and O–H groups in total. The van der Waals surface area contributed by atoms with E-state index in [9.17, 15) is 26.3 Å². The minimum Gasteiger partial charge on any atom is -0.307 e. The molecular weight excluding hydrogens is 881 g/mol. The third-order valence-corrected chi connectivity index (χ3v) is 13.6. The van der Waals surface area contributed by atoms with Crippen LogP contribution in [0.5, 0.6) is 0 Å². The van der Waals surface area contributed by atoms with Crippen LogP contribution >= 0.6 is 0 Å². The van der Waals surface area contributed by atoms with Crippen LogP contribution in [0.2, 0.25) is 0 Å². The molecule has 8 nitrogen and oxygen atoms in total. The summed E-state index contributed by atoms with van der Waals surface area (Å²) in [6.45, 7) is 0. The van der Waals surface area contributed by atoms with Crippen molar-refractivity contribution >= 4 is 43.6 Å². The molecule has 72 heavy (non-hydrogen) atoms. The number of aromatic nitrogens is 3. The number of fused-ring (bicyclic) bond motifs is 6. The standard InChI is InChI=1S/C64H34N8/c65-33-40-10-9-15-45(28-40)64-62(71-58-29-41(50-16-5-1-11-46(50)34-66)20-24-54(58)55-25-21-42(30-59(55)71)51-17-6-2-12-47(51)35-67)38-70-39-63(64)72-60-31-43(52-18-7-3-13-48(52)36-68)22-26-56(60)57-27-23-44(32-61(57)72)53-19-8-4-14-49(53)37-69/h1-32,38-39H. The third kappa shape index (κ3) is 6.84. The Bertz CT molecular complexity index is 3990. The van der Waals surface area contributed by atoms with E-state index in [0.29, 0.717) is 39.2 Å². The lowest BCUT2D eigenvalue weighted by Crippen LogP contribution is -2.05. The van der Waals surface area contributed by atoms with E-state index < -0.39 is 0 Å². The second-order valence-electron chi connectivity index (χ2n) is 17.5. The number of benzene rings is 9. The highest BCUT2D eigenvalue weighted by molar-refractivity contribution is 6.14. The topological polar surface area (TPSA) is 142 Å². The molecule has 0 spiro atoms. The summed E-state index contributed by atoms with van der Waals surface area (Å²) < 4.78 is 4.42. The number of nitriles is 5. The first kappa shape index (κ1) is 42.5. The van der Waals surface area contributed by atoms with Crippen molar-refractivity contribution in [2.75, 3.05) is 0 Å². The summed E-state index contributed by atoms with van der Waals surface area (Å²) in [5.74, 6) is 0. The highest BCUT2D eigenvalue weighted by Crippen LogP contribution is 2.45. The van der Waals surface area contributed by atoms with Gasteiger partial charge in [-0.2, -0.15) is 26.3 Å². The average molecular weight is 915 g/mol. The van der Waals surface area contributed by atoms with Crippen molar-refractivity contribution < 1.29 is 0 Å². The molecular formula is C64H34N8. The number of hydrogen-bond acceptors (Lipinski definition) is 6. The van der Waals surface area contributed by atoms with Gasteiger partial charge in [-0.05, 0) is 111 Å². The Kier molecular flexibility index (Phi) is 10.3. The van der Waals surface area contributed by atoms with Gasteiger partial charge < -0.3 is 9.13 Å². The second kappa shape index (κ2) is 17.4. The van der Waals surface area contributed by atoms with Crippen LogP contribution in [-0.4, -0.2) is 14.1 Å². The van der Waals surface area contributed by atoms with Gasteiger partial charge in [0.25, 0.3) is 0 Å². The Morgan fingerprint density at radius 2 is 0.639 bits per heavy atom. The SMILES string of the molecule is N#Cc1cccc(-c2c(-n3c4cc(-c5ccccc5C#N)ccc4c4ccc(-c5ccccc5C#N)cc43)cncc2-n2c3cc(-c4ccccc4C#N)ccc3c3ccc(-c4ccccc4C#N)cc32)c1. The molecule has 0 aliphatic heterocycles. The van der Waals surface area contributed by atoms with Gasteiger partial charge in [0.15, 0.2) is 0 Å². The Morgan fingerprint density at radius 1 is 0.306 bits per heavy atom. The fraction of sp³-hybridized carbons (Fsp3) is 0. The fourth-order valence-electron chi connectivity index (χ4n) is 10.4. The molecule has 0 atom stereocenters. The van der Waals surface area contributed by atoms with Crippen LogP contribution < -0.4 is 0 Å². The first-order valence-corrected chi connectivity index (χ1v) is 23.1.